The first-order chi connectivity index (χ1) is 11.6. The number of nitrogens with one attached hydrogen (secondary N) is 1. The summed E-state index contributed by atoms with van der Waals surface area (Å²) < 4.78 is 5.71. The summed E-state index contributed by atoms with van der Waals surface area (Å²) >= 11 is 0. The maximum atomic E-state index is 12.1. The molecule has 5 heteroatoms. The number of benzene rings is 2. The van der Waals surface area contributed by atoms with E-state index in [1.54, 1.807) is 24.3 Å². The van der Waals surface area contributed by atoms with Gasteiger partial charge in [-0.15, -0.1) is 0 Å². The van der Waals surface area contributed by atoms with Crippen LogP contribution in [0.1, 0.15) is 36.0 Å². The van der Waals surface area contributed by atoms with Gasteiger partial charge in [-0.25, -0.2) is 0 Å². The Kier molecular flexibility index (Phi) is 6.83. The van der Waals surface area contributed by atoms with Crippen LogP contribution in [0.3, 0.4) is 0 Å². The van der Waals surface area contributed by atoms with Crippen LogP contribution >= 0.6 is 0 Å². The number of carbonyl (C=O) groups excluding carboxylic acids is 1. The highest BCUT2D eigenvalue weighted by Crippen LogP contribution is 2.21. The topological polar surface area (TPSA) is 75.6 Å². The van der Waals surface area contributed by atoms with Crippen molar-refractivity contribution in [2.75, 3.05) is 6.54 Å². The number of rotatable bonds is 9. The van der Waals surface area contributed by atoms with E-state index in [-0.39, 0.29) is 12.3 Å². The quantitative estimate of drug-likeness (QED) is 0.686. The molecular formula is C19H21NO4. The van der Waals surface area contributed by atoms with E-state index >= 15 is 0 Å². The maximum absolute atomic E-state index is 12.1. The van der Waals surface area contributed by atoms with Crippen molar-refractivity contribution in [3.05, 3.63) is 60.2 Å². The molecule has 0 bridgehead atoms. The highest BCUT2D eigenvalue weighted by molar-refractivity contribution is 5.94. The zero-order valence-corrected chi connectivity index (χ0v) is 13.4. The van der Waals surface area contributed by atoms with Gasteiger partial charge in [-0.3, -0.25) is 9.59 Å². The van der Waals surface area contributed by atoms with Crippen LogP contribution in [0.15, 0.2) is 54.6 Å². The Hall–Kier alpha value is -2.82. The standard InChI is InChI=1S/C19H21NO4/c21-18(22)12-5-2-6-13-20-19(23)15-8-7-11-17(14-15)24-16-9-3-1-4-10-16/h1,3-4,7-11,14H,2,5-6,12-13H2,(H,20,23)(H,21,22). The molecule has 0 aliphatic heterocycles. The molecule has 0 heterocycles. The summed E-state index contributed by atoms with van der Waals surface area (Å²) in [6.45, 7) is 0.530. The second-order valence-electron chi connectivity index (χ2n) is 5.40. The Morgan fingerprint density at radius 3 is 2.42 bits per heavy atom. The summed E-state index contributed by atoms with van der Waals surface area (Å²) in [5.74, 6) is 0.379. The van der Waals surface area contributed by atoms with Crippen molar-refractivity contribution < 1.29 is 19.4 Å². The van der Waals surface area contributed by atoms with Crippen LogP contribution in [0.4, 0.5) is 0 Å². The predicted octanol–water partition coefficient (Wildman–Crippen LogP) is 3.85. The second-order valence-corrected chi connectivity index (χ2v) is 5.40. The molecule has 0 saturated heterocycles. The van der Waals surface area contributed by atoms with Gasteiger partial charge in [-0.2, -0.15) is 0 Å². The molecule has 0 aliphatic carbocycles. The number of carboxylic acid groups (broad SMARTS) is 1. The van der Waals surface area contributed by atoms with Gasteiger partial charge in [0.1, 0.15) is 11.5 Å². The van der Waals surface area contributed by atoms with E-state index in [1.165, 1.54) is 0 Å². The summed E-state index contributed by atoms with van der Waals surface area (Å²) in [6.07, 6.45) is 2.35. The molecular weight excluding hydrogens is 306 g/mol. The molecule has 0 aromatic heterocycles. The number of carboxylic acids is 1. The minimum atomic E-state index is -0.783. The molecule has 2 rings (SSSR count). The molecule has 0 fully saturated rings. The van der Waals surface area contributed by atoms with E-state index in [9.17, 15) is 9.59 Å². The number of hydrogen-bond acceptors (Lipinski definition) is 3. The lowest BCUT2D eigenvalue weighted by Crippen LogP contribution is -2.24. The average molecular weight is 327 g/mol. The van der Waals surface area contributed by atoms with Gasteiger partial charge in [0, 0.05) is 18.5 Å². The lowest BCUT2D eigenvalue weighted by molar-refractivity contribution is -0.137. The molecule has 0 radical (unpaired) electrons. The van der Waals surface area contributed by atoms with Gasteiger partial charge >= 0.3 is 5.97 Å². The zero-order chi connectivity index (χ0) is 17.2. The fourth-order valence-corrected chi connectivity index (χ4v) is 2.21. The smallest absolute Gasteiger partial charge is 0.303 e. The Morgan fingerprint density at radius 2 is 1.67 bits per heavy atom. The monoisotopic (exact) mass is 327 g/mol. The van der Waals surface area contributed by atoms with Gasteiger partial charge in [-0.1, -0.05) is 30.7 Å². The van der Waals surface area contributed by atoms with Crippen molar-refractivity contribution in [2.45, 2.75) is 25.7 Å². The van der Waals surface area contributed by atoms with Crippen molar-refractivity contribution in [2.24, 2.45) is 0 Å². The van der Waals surface area contributed by atoms with Gasteiger partial charge in [-0.05, 0) is 43.2 Å². The minimum Gasteiger partial charge on any atom is -0.481 e. The fraction of sp³-hybridized carbons (Fsp3) is 0.263. The molecule has 0 spiro atoms. The number of aliphatic carboxylic acids is 1. The first kappa shape index (κ1) is 17.5. The summed E-state index contributed by atoms with van der Waals surface area (Å²) in [5.41, 5.74) is 0.536. The minimum absolute atomic E-state index is 0.160. The van der Waals surface area contributed by atoms with Gasteiger partial charge in [0.2, 0.25) is 0 Å². The van der Waals surface area contributed by atoms with Crippen molar-refractivity contribution in [1.29, 1.82) is 0 Å². The maximum Gasteiger partial charge on any atom is 0.303 e. The van der Waals surface area contributed by atoms with Crippen LogP contribution in [0, 0.1) is 0 Å². The predicted molar refractivity (Wildman–Crippen MR) is 91.4 cm³/mol. The number of unbranched alkanes of at least 4 members (excludes halogenated alkanes) is 2. The van der Waals surface area contributed by atoms with E-state index in [4.69, 9.17) is 9.84 Å². The van der Waals surface area contributed by atoms with Gasteiger partial charge in [0.25, 0.3) is 5.91 Å². The van der Waals surface area contributed by atoms with E-state index < -0.39 is 5.97 Å². The second kappa shape index (κ2) is 9.35. The summed E-state index contributed by atoms with van der Waals surface area (Å²) in [5, 5.41) is 11.4. The molecule has 24 heavy (non-hydrogen) atoms. The van der Waals surface area contributed by atoms with Gasteiger partial charge < -0.3 is 15.2 Å². The molecule has 0 unspecified atom stereocenters. The summed E-state index contributed by atoms with van der Waals surface area (Å²) in [6, 6.07) is 16.4. The number of ether oxygens (including phenoxy) is 1. The molecule has 126 valence electrons. The highest BCUT2D eigenvalue weighted by atomic mass is 16.5. The average Bonchev–Trinajstić information content (AvgIpc) is 2.58. The Morgan fingerprint density at radius 1 is 0.917 bits per heavy atom. The van der Waals surface area contributed by atoms with Gasteiger partial charge in [0.15, 0.2) is 0 Å². The van der Waals surface area contributed by atoms with Crippen LogP contribution in [0.5, 0.6) is 11.5 Å². The van der Waals surface area contributed by atoms with Crippen LogP contribution in [-0.4, -0.2) is 23.5 Å². The van der Waals surface area contributed by atoms with E-state index in [0.29, 0.717) is 30.0 Å². The van der Waals surface area contributed by atoms with Crippen LogP contribution < -0.4 is 10.1 Å². The molecule has 2 aromatic rings. The Balaban J connectivity index is 1.80. The lowest BCUT2D eigenvalue weighted by Gasteiger charge is -2.08. The number of amides is 1. The molecule has 0 saturated carbocycles. The largest absolute Gasteiger partial charge is 0.481 e. The van der Waals surface area contributed by atoms with Gasteiger partial charge in [0.05, 0.1) is 0 Å². The fourth-order valence-electron chi connectivity index (χ4n) is 2.21. The number of hydrogen-bond donors (Lipinski definition) is 2. The molecule has 1 amide bonds. The third-order valence-corrected chi connectivity index (χ3v) is 3.43. The summed E-state index contributed by atoms with van der Waals surface area (Å²) in [7, 11) is 0. The number of para-hydroxylation sites is 1. The Labute approximate surface area is 141 Å². The van der Waals surface area contributed by atoms with E-state index in [2.05, 4.69) is 5.32 Å². The van der Waals surface area contributed by atoms with Crippen molar-refractivity contribution in [1.82, 2.24) is 5.32 Å². The Bertz CT molecular complexity index is 670. The lowest BCUT2D eigenvalue weighted by atomic mass is 10.1. The summed E-state index contributed by atoms with van der Waals surface area (Å²) in [4.78, 5) is 22.5. The molecule has 5 nitrogen and oxygen atoms in total. The van der Waals surface area contributed by atoms with Crippen molar-refractivity contribution in [3.63, 3.8) is 0 Å². The van der Waals surface area contributed by atoms with Crippen molar-refractivity contribution >= 4 is 11.9 Å². The first-order valence-corrected chi connectivity index (χ1v) is 7.98. The van der Waals surface area contributed by atoms with Crippen LogP contribution in [0.25, 0.3) is 0 Å². The van der Waals surface area contributed by atoms with E-state index in [0.717, 1.165) is 12.8 Å². The molecule has 0 aliphatic rings. The molecule has 2 N–H and O–H groups in total. The highest BCUT2D eigenvalue weighted by Gasteiger charge is 2.07. The normalized spacial score (nSPS) is 10.2. The zero-order valence-electron chi connectivity index (χ0n) is 13.4. The van der Waals surface area contributed by atoms with Crippen molar-refractivity contribution in [3.8, 4) is 11.5 Å². The third kappa shape index (κ3) is 6.12. The number of carbonyl (C=O) groups is 2. The SMILES string of the molecule is O=C(O)CCCCCNC(=O)c1cccc(Oc2ccccc2)c1. The first-order valence-electron chi connectivity index (χ1n) is 7.98. The van der Waals surface area contributed by atoms with Crippen LogP contribution in [-0.2, 0) is 4.79 Å². The van der Waals surface area contributed by atoms with Crippen LogP contribution in [0.2, 0.25) is 0 Å². The third-order valence-electron chi connectivity index (χ3n) is 3.43. The molecule has 0 atom stereocenters. The molecule has 2 aromatic carbocycles. The van der Waals surface area contributed by atoms with E-state index in [1.807, 2.05) is 30.3 Å².